The van der Waals surface area contributed by atoms with Gasteiger partial charge < -0.3 is 15.6 Å². The van der Waals surface area contributed by atoms with Gasteiger partial charge in [0.2, 0.25) is 0 Å². The van der Waals surface area contributed by atoms with Crippen molar-refractivity contribution in [2.75, 3.05) is 13.7 Å². The van der Waals surface area contributed by atoms with Gasteiger partial charge in [-0.05, 0) is 24.7 Å². The van der Waals surface area contributed by atoms with Gasteiger partial charge in [-0.2, -0.15) is 0 Å². The fraction of sp³-hybridized carbons (Fsp3) is 0.231. The molecule has 5 heteroatoms. The van der Waals surface area contributed by atoms with Crippen LogP contribution in [-0.4, -0.2) is 29.7 Å². The summed E-state index contributed by atoms with van der Waals surface area (Å²) in [4.78, 5) is 15.6. The van der Waals surface area contributed by atoms with Gasteiger partial charge in [0.1, 0.15) is 5.75 Å². The number of carbonyl (C=O) groups is 1. The third-order valence-electron chi connectivity index (χ3n) is 2.70. The molecule has 0 aliphatic rings. The number of hydrogen-bond donors (Lipinski definition) is 2. The minimum Gasteiger partial charge on any atom is -0.497 e. The van der Waals surface area contributed by atoms with Crippen LogP contribution in [0.2, 0.25) is 0 Å². The normalized spacial score (nSPS) is 10.6. The third-order valence-corrected chi connectivity index (χ3v) is 2.70. The van der Waals surface area contributed by atoms with Gasteiger partial charge in [0.15, 0.2) is 0 Å². The van der Waals surface area contributed by atoms with Crippen LogP contribution >= 0.6 is 0 Å². The molecule has 18 heavy (non-hydrogen) atoms. The van der Waals surface area contributed by atoms with Crippen molar-refractivity contribution in [1.29, 1.82) is 0 Å². The van der Waals surface area contributed by atoms with E-state index in [4.69, 9.17) is 10.5 Å². The summed E-state index contributed by atoms with van der Waals surface area (Å²) in [6, 6.07) is 6.72. The average Bonchev–Trinajstić information content (AvgIpc) is 2.37. The largest absolute Gasteiger partial charge is 0.497 e. The zero-order valence-electron chi connectivity index (χ0n) is 10.0. The second-order valence-corrected chi connectivity index (χ2v) is 3.89. The Morgan fingerprint density at radius 2 is 2.22 bits per heavy atom. The molecule has 1 aromatic carbocycles. The number of carboxylic acids is 1. The Bertz CT molecular complexity index is 596. The SMILES string of the molecule is COc1ccc2c(C(=O)O)cc(CCN)nc2c1. The summed E-state index contributed by atoms with van der Waals surface area (Å²) in [5.74, 6) is -0.318. The van der Waals surface area contributed by atoms with Gasteiger partial charge in [0.05, 0.1) is 18.2 Å². The van der Waals surface area contributed by atoms with E-state index >= 15 is 0 Å². The highest BCUT2D eigenvalue weighted by Crippen LogP contribution is 2.23. The summed E-state index contributed by atoms with van der Waals surface area (Å²) in [6.45, 7) is 0.432. The lowest BCUT2D eigenvalue weighted by atomic mass is 10.1. The van der Waals surface area contributed by atoms with Gasteiger partial charge in [-0.15, -0.1) is 0 Å². The molecule has 0 fully saturated rings. The Morgan fingerprint density at radius 3 is 2.83 bits per heavy atom. The van der Waals surface area contributed by atoms with E-state index < -0.39 is 5.97 Å². The van der Waals surface area contributed by atoms with Crippen molar-refractivity contribution in [1.82, 2.24) is 4.98 Å². The number of nitrogens with zero attached hydrogens (tertiary/aromatic N) is 1. The zero-order chi connectivity index (χ0) is 13.1. The molecule has 0 unspecified atom stereocenters. The lowest BCUT2D eigenvalue weighted by Crippen LogP contribution is -2.07. The van der Waals surface area contributed by atoms with Gasteiger partial charge in [-0.3, -0.25) is 4.98 Å². The molecule has 0 aliphatic carbocycles. The third kappa shape index (κ3) is 2.26. The standard InChI is InChI=1S/C13H14N2O3/c1-18-9-2-3-10-11(13(16)17)6-8(4-5-14)15-12(10)7-9/h2-3,6-7H,4-5,14H2,1H3,(H,16,17). The molecular weight excluding hydrogens is 232 g/mol. The van der Waals surface area contributed by atoms with Crippen LogP contribution in [0, 0.1) is 0 Å². The van der Waals surface area contributed by atoms with Crippen molar-refractivity contribution in [2.45, 2.75) is 6.42 Å². The van der Waals surface area contributed by atoms with Gasteiger partial charge >= 0.3 is 5.97 Å². The van der Waals surface area contributed by atoms with Crippen molar-refractivity contribution >= 4 is 16.9 Å². The van der Waals surface area contributed by atoms with Crippen molar-refractivity contribution < 1.29 is 14.6 Å². The van der Waals surface area contributed by atoms with E-state index in [2.05, 4.69) is 4.98 Å². The molecule has 0 amide bonds. The molecule has 3 N–H and O–H groups in total. The topological polar surface area (TPSA) is 85.4 Å². The highest BCUT2D eigenvalue weighted by molar-refractivity contribution is 6.02. The maximum atomic E-state index is 11.2. The van der Waals surface area contributed by atoms with Crippen molar-refractivity contribution in [2.24, 2.45) is 5.73 Å². The lowest BCUT2D eigenvalue weighted by molar-refractivity contribution is 0.0699. The minimum atomic E-state index is -0.967. The van der Waals surface area contributed by atoms with Crippen LogP contribution in [0.15, 0.2) is 24.3 Å². The Balaban J connectivity index is 2.68. The van der Waals surface area contributed by atoms with E-state index in [-0.39, 0.29) is 5.56 Å². The predicted octanol–water partition coefficient (Wildman–Crippen LogP) is 1.44. The number of pyridine rings is 1. The van der Waals surface area contributed by atoms with Gasteiger partial charge in [-0.25, -0.2) is 4.79 Å². The van der Waals surface area contributed by atoms with Gasteiger partial charge in [0, 0.05) is 23.6 Å². The fourth-order valence-electron chi connectivity index (χ4n) is 1.84. The number of hydrogen-bond acceptors (Lipinski definition) is 4. The number of ether oxygens (including phenoxy) is 1. The fourth-order valence-corrected chi connectivity index (χ4v) is 1.84. The Morgan fingerprint density at radius 1 is 1.44 bits per heavy atom. The van der Waals surface area contributed by atoms with Crippen LogP contribution in [0.3, 0.4) is 0 Å². The van der Waals surface area contributed by atoms with Crippen molar-refractivity contribution in [3.8, 4) is 5.75 Å². The molecule has 0 aliphatic heterocycles. The van der Waals surface area contributed by atoms with E-state index in [1.807, 2.05) is 0 Å². The van der Waals surface area contributed by atoms with E-state index in [1.165, 1.54) is 0 Å². The Hall–Kier alpha value is -2.14. The van der Waals surface area contributed by atoms with Crippen LogP contribution in [0.4, 0.5) is 0 Å². The molecule has 2 rings (SSSR count). The summed E-state index contributed by atoms with van der Waals surface area (Å²) in [5, 5.41) is 9.81. The molecule has 0 spiro atoms. The van der Waals surface area contributed by atoms with Crippen LogP contribution in [-0.2, 0) is 6.42 Å². The molecule has 0 saturated heterocycles. The molecule has 0 bridgehead atoms. The highest BCUT2D eigenvalue weighted by Gasteiger charge is 2.12. The van der Waals surface area contributed by atoms with Crippen molar-refractivity contribution in [3.05, 3.63) is 35.5 Å². The molecular formula is C13H14N2O3. The molecule has 5 nitrogen and oxygen atoms in total. The second kappa shape index (κ2) is 5.01. The summed E-state index contributed by atoms with van der Waals surface area (Å²) < 4.78 is 5.11. The number of aromatic carboxylic acids is 1. The first-order valence-corrected chi connectivity index (χ1v) is 5.56. The van der Waals surface area contributed by atoms with E-state index in [9.17, 15) is 9.90 Å². The number of benzene rings is 1. The first-order chi connectivity index (χ1) is 8.65. The Kier molecular flexibility index (Phi) is 3.43. The summed E-state index contributed by atoms with van der Waals surface area (Å²) >= 11 is 0. The molecule has 0 atom stereocenters. The summed E-state index contributed by atoms with van der Waals surface area (Å²) in [7, 11) is 1.56. The second-order valence-electron chi connectivity index (χ2n) is 3.89. The monoisotopic (exact) mass is 246 g/mol. The van der Waals surface area contributed by atoms with Crippen molar-refractivity contribution in [3.63, 3.8) is 0 Å². The number of rotatable bonds is 4. The van der Waals surface area contributed by atoms with Crippen LogP contribution in [0.5, 0.6) is 5.75 Å². The first-order valence-electron chi connectivity index (χ1n) is 5.56. The number of methoxy groups -OCH3 is 1. The molecule has 0 radical (unpaired) electrons. The maximum Gasteiger partial charge on any atom is 0.336 e. The van der Waals surface area contributed by atoms with Gasteiger partial charge in [0.25, 0.3) is 0 Å². The van der Waals surface area contributed by atoms with Crippen LogP contribution in [0.1, 0.15) is 16.1 Å². The first kappa shape index (κ1) is 12.3. The molecule has 2 aromatic rings. The predicted molar refractivity (Wildman–Crippen MR) is 68.0 cm³/mol. The zero-order valence-corrected chi connectivity index (χ0v) is 10.0. The highest BCUT2D eigenvalue weighted by atomic mass is 16.5. The molecule has 0 saturated carbocycles. The van der Waals surface area contributed by atoms with E-state index in [0.717, 1.165) is 0 Å². The van der Waals surface area contributed by atoms with Crippen LogP contribution < -0.4 is 10.5 Å². The average molecular weight is 246 g/mol. The number of nitrogens with two attached hydrogens (primary N) is 1. The number of fused-ring (bicyclic) bond motifs is 1. The van der Waals surface area contributed by atoms with E-state index in [1.54, 1.807) is 31.4 Å². The van der Waals surface area contributed by atoms with Crippen LogP contribution in [0.25, 0.3) is 10.9 Å². The minimum absolute atomic E-state index is 0.242. The lowest BCUT2D eigenvalue weighted by Gasteiger charge is -2.07. The molecule has 1 aromatic heterocycles. The van der Waals surface area contributed by atoms with E-state index in [0.29, 0.717) is 35.3 Å². The van der Waals surface area contributed by atoms with Gasteiger partial charge in [-0.1, -0.05) is 0 Å². The Labute approximate surface area is 104 Å². The number of carboxylic acid groups (broad SMARTS) is 1. The summed E-state index contributed by atoms with van der Waals surface area (Å²) in [5.41, 5.74) is 7.00. The maximum absolute atomic E-state index is 11.2. The molecule has 1 heterocycles. The smallest absolute Gasteiger partial charge is 0.336 e. The quantitative estimate of drug-likeness (QED) is 0.852. The summed E-state index contributed by atoms with van der Waals surface area (Å²) in [6.07, 6.45) is 0.549. The molecule has 94 valence electrons. The number of aromatic nitrogens is 1.